The highest BCUT2D eigenvalue weighted by atomic mass is 16.3. The lowest BCUT2D eigenvalue weighted by atomic mass is 9.91. The van der Waals surface area contributed by atoms with Crippen LogP contribution >= 0.6 is 0 Å². The van der Waals surface area contributed by atoms with E-state index in [2.05, 4.69) is 10.2 Å². The quantitative estimate of drug-likeness (QED) is 0.177. The molecule has 0 spiro atoms. The number of nitrogens with one attached hydrogen (secondary N) is 1. The van der Waals surface area contributed by atoms with E-state index in [4.69, 9.17) is 9.40 Å². The predicted molar refractivity (Wildman–Crippen MR) is 168 cm³/mol. The number of aromatic amines is 1. The highest BCUT2D eigenvalue weighted by Gasteiger charge is 2.49. The van der Waals surface area contributed by atoms with E-state index in [-0.39, 0.29) is 17.0 Å². The van der Waals surface area contributed by atoms with Crippen LogP contribution in [0.2, 0.25) is 0 Å². The zero-order chi connectivity index (χ0) is 29.6. The number of benzene rings is 4. The van der Waals surface area contributed by atoms with Crippen molar-refractivity contribution in [2.75, 3.05) is 0 Å². The Bertz CT molecular complexity index is 1980. The minimum Gasteiger partial charge on any atom is -0.455 e. The summed E-state index contributed by atoms with van der Waals surface area (Å²) in [6.45, 7) is 3.91. The number of rotatable bonds is 9. The molecule has 0 saturated heterocycles. The number of Topliss-reactive ketones (excluding diaryl/α,β-unsaturated/α-hetero) is 2. The van der Waals surface area contributed by atoms with Gasteiger partial charge in [0.1, 0.15) is 17.2 Å². The molecule has 0 atom stereocenters. The number of ketones is 2. The molecule has 6 aromatic rings. The van der Waals surface area contributed by atoms with Gasteiger partial charge >= 0.3 is 0 Å². The van der Waals surface area contributed by atoms with Crippen molar-refractivity contribution in [1.82, 2.24) is 15.2 Å². The summed E-state index contributed by atoms with van der Waals surface area (Å²) in [5, 5.41) is 8.33. The number of aromatic nitrogens is 3. The number of aryl methyl sites for hydroxylation is 1. The van der Waals surface area contributed by atoms with Crippen LogP contribution in [0.4, 0.5) is 0 Å². The first-order valence-electron chi connectivity index (χ1n) is 14.7. The second kappa shape index (κ2) is 10.6. The molecule has 43 heavy (non-hydrogen) atoms. The van der Waals surface area contributed by atoms with Crippen molar-refractivity contribution in [3.05, 3.63) is 120 Å². The molecule has 1 aliphatic carbocycles. The zero-order valence-electron chi connectivity index (χ0n) is 24.2. The van der Waals surface area contributed by atoms with Crippen molar-refractivity contribution in [3.8, 4) is 33.8 Å². The van der Waals surface area contributed by atoms with Gasteiger partial charge in [-0.2, -0.15) is 5.10 Å². The van der Waals surface area contributed by atoms with Gasteiger partial charge in [-0.25, -0.2) is 4.98 Å². The summed E-state index contributed by atoms with van der Waals surface area (Å²) in [6, 6.07) is 31.4. The topological polar surface area (TPSA) is 88.8 Å². The van der Waals surface area contributed by atoms with Gasteiger partial charge in [-0.15, -0.1) is 0 Å². The summed E-state index contributed by atoms with van der Waals surface area (Å²) in [5.74, 6) is 2.14. The first kappa shape index (κ1) is 26.8. The van der Waals surface area contributed by atoms with Gasteiger partial charge in [-0.05, 0) is 54.7 Å². The Morgan fingerprint density at radius 3 is 2.26 bits per heavy atom. The van der Waals surface area contributed by atoms with Crippen LogP contribution in [0.15, 0.2) is 101 Å². The lowest BCUT2D eigenvalue weighted by Crippen LogP contribution is -2.15. The Morgan fingerprint density at radius 2 is 1.56 bits per heavy atom. The molecular weight excluding hydrogens is 534 g/mol. The van der Waals surface area contributed by atoms with Gasteiger partial charge in [-0.3, -0.25) is 14.7 Å². The van der Waals surface area contributed by atoms with Crippen molar-refractivity contribution < 1.29 is 14.0 Å². The van der Waals surface area contributed by atoms with E-state index < -0.39 is 0 Å². The zero-order valence-corrected chi connectivity index (χ0v) is 24.2. The molecule has 1 aliphatic rings. The maximum atomic E-state index is 13.7. The fourth-order valence-corrected chi connectivity index (χ4v) is 5.89. The molecule has 4 aromatic carbocycles. The fraction of sp³-hybridized carbons (Fsp3) is 0.189. The maximum absolute atomic E-state index is 13.7. The third kappa shape index (κ3) is 4.89. The fourth-order valence-electron chi connectivity index (χ4n) is 5.89. The third-order valence-electron chi connectivity index (χ3n) is 8.57. The molecule has 2 heterocycles. The number of furan rings is 1. The normalized spacial score (nSPS) is 13.7. The standard InChI is InChI=1S/C37H31N3O3/c1-3-30(41)33-29-20-26(16-17-32(29)43-34(33)24-10-6-4-7-11-24)28-21-27(15-14-23(28)2)31(42)22-37(18-19-37)36-38-35(39-40-36)25-12-8-5-9-13-25/h4-17,20-21H,3,18-19,22H2,1-2H3,(H,38,39,40). The lowest BCUT2D eigenvalue weighted by molar-refractivity contribution is 0.0965. The van der Waals surface area contributed by atoms with Crippen LogP contribution < -0.4 is 0 Å². The van der Waals surface area contributed by atoms with Crippen LogP contribution in [0.3, 0.4) is 0 Å². The van der Waals surface area contributed by atoms with Gasteiger partial charge in [0.05, 0.1) is 5.56 Å². The highest BCUT2D eigenvalue weighted by Crippen LogP contribution is 2.50. The minimum atomic E-state index is -0.304. The Hall–Kier alpha value is -5.10. The summed E-state index contributed by atoms with van der Waals surface area (Å²) in [6.07, 6.45) is 2.54. The lowest BCUT2D eigenvalue weighted by Gasteiger charge is -2.13. The summed E-state index contributed by atoms with van der Waals surface area (Å²) in [4.78, 5) is 31.6. The second-order valence-corrected chi connectivity index (χ2v) is 11.4. The molecule has 0 aliphatic heterocycles. The molecule has 1 N–H and O–H groups in total. The predicted octanol–water partition coefficient (Wildman–Crippen LogP) is 8.76. The number of H-pyrrole nitrogens is 1. The van der Waals surface area contributed by atoms with Gasteiger partial charge in [0.25, 0.3) is 0 Å². The minimum absolute atomic E-state index is 0.0352. The van der Waals surface area contributed by atoms with Gasteiger partial charge in [0, 0.05) is 40.3 Å². The molecule has 212 valence electrons. The van der Waals surface area contributed by atoms with Crippen LogP contribution in [-0.2, 0) is 5.41 Å². The van der Waals surface area contributed by atoms with Crippen molar-refractivity contribution in [2.45, 2.75) is 44.9 Å². The van der Waals surface area contributed by atoms with Crippen molar-refractivity contribution in [3.63, 3.8) is 0 Å². The molecule has 2 aromatic heterocycles. The number of nitrogens with zero attached hydrogens (tertiary/aromatic N) is 2. The van der Waals surface area contributed by atoms with Crippen LogP contribution in [0.5, 0.6) is 0 Å². The van der Waals surface area contributed by atoms with Crippen molar-refractivity contribution in [2.24, 2.45) is 0 Å². The van der Waals surface area contributed by atoms with Gasteiger partial charge in [0.2, 0.25) is 0 Å². The van der Waals surface area contributed by atoms with E-state index in [0.717, 1.165) is 51.9 Å². The molecule has 6 nitrogen and oxygen atoms in total. The highest BCUT2D eigenvalue weighted by molar-refractivity contribution is 6.12. The van der Waals surface area contributed by atoms with E-state index in [0.29, 0.717) is 41.1 Å². The number of carbonyl (C=O) groups is 2. The SMILES string of the molecule is CCC(=O)c1c(-c2ccccc2)oc2ccc(-c3cc(C(=O)CC4(c5nc(-c6ccccc6)n[nH]5)CC4)ccc3C)cc12. The number of carbonyl (C=O) groups excluding carboxylic acids is 2. The van der Waals surface area contributed by atoms with E-state index in [1.54, 1.807) is 0 Å². The molecule has 1 fully saturated rings. The first-order chi connectivity index (χ1) is 21.0. The molecule has 1 saturated carbocycles. The Labute approximate surface area is 249 Å². The monoisotopic (exact) mass is 565 g/mol. The molecule has 0 bridgehead atoms. The van der Waals surface area contributed by atoms with Crippen LogP contribution in [-0.4, -0.2) is 26.7 Å². The van der Waals surface area contributed by atoms with Crippen molar-refractivity contribution in [1.29, 1.82) is 0 Å². The van der Waals surface area contributed by atoms with Crippen molar-refractivity contribution >= 4 is 22.5 Å². The summed E-state index contributed by atoms with van der Waals surface area (Å²) in [7, 11) is 0. The van der Waals surface area contributed by atoms with E-state index in [9.17, 15) is 9.59 Å². The summed E-state index contributed by atoms with van der Waals surface area (Å²) in [5.41, 5.74) is 6.40. The van der Waals surface area contributed by atoms with Crippen LogP contribution in [0.1, 0.15) is 64.7 Å². The van der Waals surface area contributed by atoms with Gasteiger partial charge in [0.15, 0.2) is 17.4 Å². The van der Waals surface area contributed by atoms with Gasteiger partial charge < -0.3 is 4.42 Å². The third-order valence-corrected chi connectivity index (χ3v) is 8.57. The average Bonchev–Trinajstić information content (AvgIpc) is 3.46. The first-order valence-corrected chi connectivity index (χ1v) is 14.7. The van der Waals surface area contributed by atoms with E-state index in [1.807, 2.05) is 111 Å². The largest absolute Gasteiger partial charge is 0.455 e. The molecular formula is C37H31N3O3. The summed E-state index contributed by atoms with van der Waals surface area (Å²) >= 11 is 0. The number of fused-ring (bicyclic) bond motifs is 1. The average molecular weight is 566 g/mol. The Morgan fingerprint density at radius 1 is 0.837 bits per heavy atom. The Balaban J connectivity index is 1.21. The number of hydrogen-bond donors (Lipinski definition) is 1. The van der Waals surface area contributed by atoms with E-state index >= 15 is 0 Å². The smallest absolute Gasteiger partial charge is 0.181 e. The van der Waals surface area contributed by atoms with E-state index in [1.165, 1.54) is 0 Å². The second-order valence-electron chi connectivity index (χ2n) is 11.4. The summed E-state index contributed by atoms with van der Waals surface area (Å²) < 4.78 is 6.24. The molecule has 6 heteroatoms. The number of hydrogen-bond acceptors (Lipinski definition) is 5. The Kier molecular flexibility index (Phi) is 6.62. The van der Waals surface area contributed by atoms with Gasteiger partial charge in [-0.1, -0.05) is 85.8 Å². The molecule has 0 amide bonds. The molecule has 0 unspecified atom stereocenters. The maximum Gasteiger partial charge on any atom is 0.181 e. The van der Waals surface area contributed by atoms with Crippen LogP contribution in [0, 0.1) is 6.92 Å². The van der Waals surface area contributed by atoms with Crippen LogP contribution in [0.25, 0.3) is 44.8 Å². The molecule has 7 rings (SSSR count). The molecule has 0 radical (unpaired) electrons.